The van der Waals surface area contributed by atoms with Crippen LogP contribution < -0.4 is 0 Å². The summed E-state index contributed by atoms with van der Waals surface area (Å²) in [5.74, 6) is -0.836. The van der Waals surface area contributed by atoms with E-state index in [9.17, 15) is 9.70 Å². The maximum Gasteiger partial charge on any atom is 0.320 e. The molecule has 0 N–H and O–H groups in total. The molecule has 1 rings (SSSR count). The highest BCUT2D eigenvalue weighted by Crippen LogP contribution is 1.93. The molecule has 0 amide bonds. The number of carbonyl (C=O) groups excluding carboxylic acids is 1. The smallest absolute Gasteiger partial charge is 0.311 e. The summed E-state index contributed by atoms with van der Waals surface area (Å²) < 4.78 is 0. The van der Waals surface area contributed by atoms with Gasteiger partial charge in [-0.3, -0.25) is 4.79 Å². The molecule has 0 unspecified atom stereocenters. The van der Waals surface area contributed by atoms with Crippen LogP contribution in [-0.4, -0.2) is 43.3 Å². The average molecular weight is 263 g/mol. The fourth-order valence-electron chi connectivity index (χ4n) is 0.522. The summed E-state index contributed by atoms with van der Waals surface area (Å²) >= 11 is 0. The van der Waals surface area contributed by atoms with E-state index in [0.717, 1.165) is 0 Å². The summed E-state index contributed by atoms with van der Waals surface area (Å²) in [5, 5.41) is 5.09. The minimum absolute atomic E-state index is 0. The molecule has 1 saturated heterocycles. The molecule has 108 valence electrons. The molecule has 0 atom stereocenters. The van der Waals surface area contributed by atoms with E-state index < -0.39 is 11.7 Å². The second-order valence-electron chi connectivity index (χ2n) is 3.06. The van der Waals surface area contributed by atoms with Crippen LogP contribution in [-0.2, 0) is 14.6 Å². The van der Waals surface area contributed by atoms with Crippen molar-refractivity contribution in [2.75, 3.05) is 26.7 Å². The minimum Gasteiger partial charge on any atom is -0.311 e. The monoisotopic (exact) mass is 263 g/mol. The van der Waals surface area contributed by atoms with E-state index in [1.54, 1.807) is 13.8 Å². The van der Waals surface area contributed by atoms with Crippen LogP contribution in [0.5, 0.6) is 0 Å². The summed E-state index contributed by atoms with van der Waals surface area (Å²) in [6.45, 7) is 6.18. The maximum atomic E-state index is 10.9. The van der Waals surface area contributed by atoms with Crippen LogP contribution in [0.1, 0.15) is 35.1 Å². The number of hydrogen-bond donors (Lipinski definition) is 0. The number of ketones is 1. The van der Waals surface area contributed by atoms with Crippen LogP contribution in [0.3, 0.4) is 0 Å². The molecule has 7 nitrogen and oxygen atoms in total. The van der Waals surface area contributed by atoms with Crippen LogP contribution in [0.25, 0.3) is 0 Å². The van der Waals surface area contributed by atoms with Crippen molar-refractivity contribution in [3.63, 3.8) is 0 Å². The molecule has 0 aromatic heterocycles. The Morgan fingerprint density at radius 1 is 1.28 bits per heavy atom. The molecule has 0 aromatic carbocycles. The van der Waals surface area contributed by atoms with Gasteiger partial charge in [0.15, 0.2) is 0 Å². The minimum atomic E-state index is -0.428. The molecule has 0 aromatic rings. The highest BCUT2D eigenvalue weighted by Gasteiger charge is 2.12. The summed E-state index contributed by atoms with van der Waals surface area (Å²) in [4.78, 5) is 31.6. The summed E-state index contributed by atoms with van der Waals surface area (Å²) in [6, 6.07) is 0. The quantitative estimate of drug-likeness (QED) is 0.190. The van der Waals surface area contributed by atoms with Gasteiger partial charge in [-0.1, -0.05) is 26.9 Å². The Labute approximate surface area is 109 Å². The molecule has 1 aliphatic heterocycles. The predicted molar refractivity (Wildman–Crippen MR) is 72.2 cm³/mol. The molecule has 1 aliphatic rings. The zero-order valence-corrected chi connectivity index (χ0v) is 9.80. The van der Waals surface area contributed by atoms with Gasteiger partial charge in [-0.15, -0.1) is 4.91 Å². The normalized spacial score (nSPS) is 13.2. The molecular formula is C11H25N3O4. The van der Waals surface area contributed by atoms with Gasteiger partial charge in [0, 0.05) is 19.5 Å². The van der Waals surface area contributed by atoms with E-state index in [0.29, 0.717) is 0 Å². The number of hydrogen-bond acceptors (Lipinski definition) is 6. The highest BCUT2D eigenvalue weighted by atomic mass is 17.2. The van der Waals surface area contributed by atoms with Crippen molar-refractivity contribution in [2.24, 2.45) is 10.4 Å². The number of nitroso groups, excluding NO2 is 1. The molecule has 0 aliphatic carbocycles. The fourth-order valence-corrected chi connectivity index (χ4v) is 0.522. The topological polar surface area (TPSA) is 80.3 Å². The lowest BCUT2D eigenvalue weighted by Gasteiger charge is -2.00. The Hall–Kier alpha value is -1.34. The average Bonchev–Trinajstić information content (AvgIpc) is 3.06. The van der Waals surface area contributed by atoms with Crippen molar-refractivity contribution in [3.05, 3.63) is 4.91 Å². The zero-order valence-electron chi connectivity index (χ0n) is 9.80. The molecule has 0 spiro atoms. The first-order valence-corrected chi connectivity index (χ1v) is 5.07. The molecule has 18 heavy (non-hydrogen) atoms. The molecule has 0 bridgehead atoms. The van der Waals surface area contributed by atoms with Gasteiger partial charge in [0.1, 0.15) is 0 Å². The van der Waals surface area contributed by atoms with E-state index in [2.05, 4.69) is 32.1 Å². The Balaban J connectivity index is -0.000000318. The van der Waals surface area contributed by atoms with E-state index >= 15 is 0 Å². The molecule has 0 saturated carbocycles. The maximum absolute atomic E-state index is 10.9. The van der Waals surface area contributed by atoms with E-state index in [1.807, 2.05) is 0 Å². The Morgan fingerprint density at radius 2 is 1.78 bits per heavy atom. The summed E-state index contributed by atoms with van der Waals surface area (Å²) in [6.07, 6.45) is 0.182. The van der Waals surface area contributed by atoms with Gasteiger partial charge < -0.3 is 9.79 Å². The standard InChI is InChI=1S/C6H10N2O4.C3H7N.2CH4/c1-3-5(9)6(7-8-10)12-11-4-2;1-4-2-3-4;;/h3-4H2,1-2H3;2-3H2,1H3;2*1H4/b7-6+;;;. The first-order chi connectivity index (χ1) is 7.65. The van der Waals surface area contributed by atoms with Crippen LogP contribution in [0, 0.1) is 4.91 Å². The van der Waals surface area contributed by atoms with Gasteiger partial charge in [0.25, 0.3) is 0 Å². The second kappa shape index (κ2) is 13.7. The molecule has 0 radical (unpaired) electrons. The van der Waals surface area contributed by atoms with Gasteiger partial charge in [0.05, 0.1) is 11.9 Å². The van der Waals surface area contributed by atoms with E-state index in [4.69, 9.17) is 0 Å². The Kier molecular flexibility index (Phi) is 16.7. The highest BCUT2D eigenvalue weighted by molar-refractivity contribution is 6.35. The zero-order chi connectivity index (χ0) is 12.4. The fraction of sp³-hybridized carbons (Fsp3) is 0.818. The lowest BCUT2D eigenvalue weighted by Crippen LogP contribution is -2.16. The first kappa shape index (κ1) is 21.9. The first-order valence-electron chi connectivity index (χ1n) is 5.07. The van der Waals surface area contributed by atoms with Crippen LogP contribution >= 0.6 is 0 Å². The number of Topliss-reactive ketones (excluding diaryl/α,β-unsaturated/α-hetero) is 1. The molecule has 1 heterocycles. The summed E-state index contributed by atoms with van der Waals surface area (Å²) in [7, 11) is 2.11. The predicted octanol–water partition coefficient (Wildman–Crippen LogP) is 2.22. The number of likely N-dealkylation sites (N-methyl/N-ethyl adjacent to an activating group) is 1. The number of nitrogens with zero attached hydrogens (tertiary/aromatic N) is 3. The molecule has 7 heteroatoms. The Bertz CT molecular complexity index is 253. The van der Waals surface area contributed by atoms with Crippen molar-refractivity contribution in [1.82, 2.24) is 4.90 Å². The van der Waals surface area contributed by atoms with Gasteiger partial charge in [-0.2, -0.15) is 4.89 Å². The van der Waals surface area contributed by atoms with Gasteiger partial charge >= 0.3 is 5.90 Å². The largest absolute Gasteiger partial charge is 0.320 e. The van der Waals surface area contributed by atoms with Crippen LogP contribution in [0.15, 0.2) is 10.4 Å². The third-order valence-electron chi connectivity index (χ3n) is 1.62. The Morgan fingerprint density at radius 3 is 2.06 bits per heavy atom. The van der Waals surface area contributed by atoms with Crippen LogP contribution in [0.2, 0.25) is 0 Å². The lowest BCUT2D eigenvalue weighted by atomic mass is 10.3. The van der Waals surface area contributed by atoms with Crippen molar-refractivity contribution in [1.29, 1.82) is 0 Å². The van der Waals surface area contributed by atoms with E-state index in [1.165, 1.54) is 13.1 Å². The van der Waals surface area contributed by atoms with E-state index in [-0.39, 0.29) is 27.9 Å². The van der Waals surface area contributed by atoms with Gasteiger partial charge in [0.2, 0.25) is 5.78 Å². The van der Waals surface area contributed by atoms with Crippen molar-refractivity contribution >= 4 is 11.7 Å². The molecular weight excluding hydrogens is 238 g/mol. The summed E-state index contributed by atoms with van der Waals surface area (Å²) in [5.41, 5.74) is 0. The van der Waals surface area contributed by atoms with Gasteiger partial charge in [-0.25, -0.2) is 0 Å². The van der Waals surface area contributed by atoms with Crippen molar-refractivity contribution < 1.29 is 14.6 Å². The number of carbonyl (C=O) groups is 1. The lowest BCUT2D eigenvalue weighted by molar-refractivity contribution is -0.218. The van der Waals surface area contributed by atoms with Crippen molar-refractivity contribution in [3.8, 4) is 0 Å². The number of rotatable bonds is 5. The van der Waals surface area contributed by atoms with Gasteiger partial charge in [-0.05, 0) is 14.0 Å². The van der Waals surface area contributed by atoms with Crippen molar-refractivity contribution in [2.45, 2.75) is 35.1 Å². The third kappa shape index (κ3) is 12.7. The van der Waals surface area contributed by atoms with Crippen LogP contribution in [0.4, 0.5) is 0 Å². The molecule has 1 fully saturated rings. The SMILES string of the molecule is C.C.CCOO/C(=N/N=O)C(=O)CC.CN1CC1. The third-order valence-corrected chi connectivity index (χ3v) is 1.62. The second-order valence-corrected chi connectivity index (χ2v) is 3.06.